The molecule has 1 aromatic carbocycles. The van der Waals surface area contributed by atoms with E-state index in [1.807, 2.05) is 4.90 Å². The number of benzene rings is 1. The minimum Gasteiger partial charge on any atom is -0.356 e. The molecule has 2 atom stereocenters. The molecule has 2 amide bonds. The highest BCUT2D eigenvalue weighted by Crippen LogP contribution is 2.27. The number of sulfonamides is 1. The highest BCUT2D eigenvalue weighted by Gasteiger charge is 2.31. The molecule has 2 rings (SSSR count). The quantitative estimate of drug-likeness (QED) is 0.538. The van der Waals surface area contributed by atoms with Crippen LogP contribution in [0.2, 0.25) is 5.02 Å². The summed E-state index contributed by atoms with van der Waals surface area (Å²) in [6, 6.07) is 3.93. The van der Waals surface area contributed by atoms with Crippen LogP contribution in [0.25, 0.3) is 0 Å². The molecule has 1 aliphatic heterocycles. The molecule has 2 unspecified atom stereocenters. The minimum atomic E-state index is -3.74. The number of nitrogens with one attached hydrogen (secondary N) is 2. The summed E-state index contributed by atoms with van der Waals surface area (Å²) in [5.74, 6) is -0.349. The van der Waals surface area contributed by atoms with E-state index in [1.54, 1.807) is 13.0 Å². The first-order valence-electron chi connectivity index (χ1n) is 10.6. The van der Waals surface area contributed by atoms with Gasteiger partial charge in [0.1, 0.15) is 4.90 Å². The van der Waals surface area contributed by atoms with Crippen molar-refractivity contribution < 1.29 is 18.0 Å². The number of unbranched alkanes of at least 4 members (excludes halogenated alkanes) is 1. The maximum absolute atomic E-state index is 12.8. The van der Waals surface area contributed by atoms with E-state index < -0.39 is 16.1 Å². The lowest BCUT2D eigenvalue weighted by atomic mass is 9.95. The molecule has 1 aromatic rings. The fraction of sp³-hybridized carbons (Fsp3) is 0.619. The van der Waals surface area contributed by atoms with Crippen LogP contribution in [0.4, 0.5) is 5.69 Å². The zero-order valence-electron chi connectivity index (χ0n) is 18.7. The van der Waals surface area contributed by atoms with Crippen molar-refractivity contribution in [3.05, 3.63) is 23.2 Å². The smallest absolute Gasteiger partial charge is 0.244 e. The zero-order valence-corrected chi connectivity index (χ0v) is 20.2. The first kappa shape index (κ1) is 25.6. The third kappa shape index (κ3) is 6.65. The van der Waals surface area contributed by atoms with E-state index in [0.717, 1.165) is 36.5 Å². The number of amides is 2. The summed E-state index contributed by atoms with van der Waals surface area (Å²) in [6.07, 6.45) is 3.63. The van der Waals surface area contributed by atoms with Gasteiger partial charge < -0.3 is 10.6 Å². The molecular weight excluding hydrogens is 440 g/mol. The van der Waals surface area contributed by atoms with E-state index in [4.69, 9.17) is 11.6 Å². The molecule has 1 fully saturated rings. The van der Waals surface area contributed by atoms with Gasteiger partial charge in [-0.3, -0.25) is 14.5 Å². The van der Waals surface area contributed by atoms with Crippen LogP contribution in [0.15, 0.2) is 23.1 Å². The van der Waals surface area contributed by atoms with Gasteiger partial charge in [0.25, 0.3) is 0 Å². The largest absolute Gasteiger partial charge is 0.356 e. The summed E-state index contributed by atoms with van der Waals surface area (Å²) in [5.41, 5.74) is 0.354. The van der Waals surface area contributed by atoms with Crippen LogP contribution in [0, 0.1) is 5.92 Å². The third-order valence-corrected chi connectivity index (χ3v) is 7.83. The second-order valence-corrected chi connectivity index (χ2v) is 10.6. The van der Waals surface area contributed by atoms with Gasteiger partial charge in [-0.15, -0.1) is 0 Å². The Morgan fingerprint density at radius 2 is 2.03 bits per heavy atom. The Balaban J connectivity index is 2.04. The van der Waals surface area contributed by atoms with Gasteiger partial charge in [0, 0.05) is 32.9 Å². The van der Waals surface area contributed by atoms with Gasteiger partial charge in [-0.25, -0.2) is 12.7 Å². The Morgan fingerprint density at radius 1 is 1.32 bits per heavy atom. The molecule has 0 radical (unpaired) electrons. The molecule has 2 N–H and O–H groups in total. The van der Waals surface area contributed by atoms with Crippen molar-refractivity contribution in [2.45, 2.75) is 50.5 Å². The first-order valence-corrected chi connectivity index (χ1v) is 12.4. The van der Waals surface area contributed by atoms with E-state index in [1.165, 1.54) is 26.2 Å². The molecule has 1 saturated heterocycles. The number of rotatable bonds is 9. The summed E-state index contributed by atoms with van der Waals surface area (Å²) >= 11 is 6.07. The number of carbonyl (C=O) groups excluding carboxylic acids is 2. The molecule has 8 nitrogen and oxygen atoms in total. The van der Waals surface area contributed by atoms with E-state index >= 15 is 0 Å². The summed E-state index contributed by atoms with van der Waals surface area (Å²) in [4.78, 5) is 27.2. The molecule has 0 spiro atoms. The van der Waals surface area contributed by atoms with Crippen LogP contribution in [0.5, 0.6) is 0 Å². The molecule has 0 bridgehead atoms. The lowest BCUT2D eigenvalue weighted by molar-refractivity contribution is -0.129. The van der Waals surface area contributed by atoms with Crippen LogP contribution < -0.4 is 10.6 Å². The summed E-state index contributed by atoms with van der Waals surface area (Å²) in [6.45, 7) is 5.80. The SMILES string of the molecule is CCCCNC(=O)C1CCCN(C(C)C(=O)Nc2ccc(Cl)c(S(=O)(=O)N(C)C)c2)C1. The van der Waals surface area contributed by atoms with Gasteiger partial charge in [-0.05, 0) is 50.9 Å². The first-order chi connectivity index (χ1) is 14.6. The number of piperidine rings is 1. The maximum atomic E-state index is 12.8. The molecule has 174 valence electrons. The zero-order chi connectivity index (χ0) is 23.2. The fourth-order valence-corrected chi connectivity index (χ4v) is 4.89. The number of likely N-dealkylation sites (tertiary alicyclic amines) is 1. The molecule has 31 heavy (non-hydrogen) atoms. The van der Waals surface area contributed by atoms with E-state index in [9.17, 15) is 18.0 Å². The average molecular weight is 473 g/mol. The Bertz CT molecular complexity index is 891. The van der Waals surface area contributed by atoms with Crippen LogP contribution in [0.1, 0.15) is 39.5 Å². The number of halogens is 1. The van der Waals surface area contributed by atoms with Crippen molar-refractivity contribution in [1.82, 2.24) is 14.5 Å². The number of hydrogen-bond acceptors (Lipinski definition) is 5. The van der Waals surface area contributed by atoms with E-state index in [-0.39, 0.29) is 27.7 Å². The molecule has 10 heteroatoms. The molecule has 0 aliphatic carbocycles. The molecule has 1 heterocycles. The van der Waals surface area contributed by atoms with E-state index in [2.05, 4.69) is 17.6 Å². The molecule has 1 aliphatic rings. The van der Waals surface area contributed by atoms with Crippen LogP contribution in [-0.4, -0.2) is 69.2 Å². The van der Waals surface area contributed by atoms with Gasteiger partial charge in [0.2, 0.25) is 21.8 Å². The topological polar surface area (TPSA) is 98.8 Å². The fourth-order valence-electron chi connectivity index (χ4n) is 3.49. The normalized spacial score (nSPS) is 18.6. The Hall–Kier alpha value is -1.68. The Kier molecular flexibility index (Phi) is 9.29. The van der Waals surface area contributed by atoms with Crippen molar-refractivity contribution in [1.29, 1.82) is 0 Å². The Morgan fingerprint density at radius 3 is 2.68 bits per heavy atom. The number of hydrogen-bond donors (Lipinski definition) is 2. The standard InChI is InChI=1S/C21H33ClN4O4S/c1-5-6-11-23-21(28)16-8-7-12-26(14-16)15(2)20(27)24-17-9-10-18(22)19(13-17)31(29,30)25(3)4/h9-10,13,15-16H,5-8,11-12,14H2,1-4H3,(H,23,28)(H,24,27). The highest BCUT2D eigenvalue weighted by molar-refractivity contribution is 7.89. The number of anilines is 1. The summed E-state index contributed by atoms with van der Waals surface area (Å²) in [7, 11) is -0.896. The Labute approximate surface area is 190 Å². The minimum absolute atomic E-state index is 0.0435. The summed E-state index contributed by atoms with van der Waals surface area (Å²) in [5, 5.41) is 5.85. The lowest BCUT2D eigenvalue weighted by Gasteiger charge is -2.35. The summed E-state index contributed by atoms with van der Waals surface area (Å²) < 4.78 is 26.0. The molecular formula is C21H33ClN4O4S. The number of nitrogens with zero attached hydrogens (tertiary/aromatic N) is 2. The van der Waals surface area contributed by atoms with Gasteiger partial charge in [-0.1, -0.05) is 24.9 Å². The van der Waals surface area contributed by atoms with Crippen molar-refractivity contribution in [2.24, 2.45) is 5.92 Å². The van der Waals surface area contributed by atoms with Crippen LogP contribution in [0.3, 0.4) is 0 Å². The van der Waals surface area contributed by atoms with Crippen molar-refractivity contribution in [3.8, 4) is 0 Å². The monoisotopic (exact) mass is 472 g/mol. The number of carbonyl (C=O) groups is 2. The van der Waals surface area contributed by atoms with Crippen molar-refractivity contribution >= 4 is 39.1 Å². The predicted octanol–water partition coefficient (Wildman–Crippen LogP) is 2.55. The highest BCUT2D eigenvalue weighted by atomic mass is 35.5. The van der Waals surface area contributed by atoms with Crippen LogP contribution >= 0.6 is 11.6 Å². The van der Waals surface area contributed by atoms with Crippen LogP contribution in [-0.2, 0) is 19.6 Å². The predicted molar refractivity (Wildman–Crippen MR) is 123 cm³/mol. The average Bonchev–Trinajstić information content (AvgIpc) is 2.74. The molecule has 0 aromatic heterocycles. The van der Waals surface area contributed by atoms with Gasteiger partial charge in [0.15, 0.2) is 0 Å². The lowest BCUT2D eigenvalue weighted by Crippen LogP contribution is -2.50. The van der Waals surface area contributed by atoms with Crippen molar-refractivity contribution in [3.63, 3.8) is 0 Å². The van der Waals surface area contributed by atoms with Crippen molar-refractivity contribution in [2.75, 3.05) is 39.0 Å². The van der Waals surface area contributed by atoms with Gasteiger partial charge in [-0.2, -0.15) is 0 Å². The van der Waals surface area contributed by atoms with E-state index in [0.29, 0.717) is 18.8 Å². The van der Waals surface area contributed by atoms with Gasteiger partial charge >= 0.3 is 0 Å². The maximum Gasteiger partial charge on any atom is 0.244 e. The second kappa shape index (κ2) is 11.3. The molecule has 0 saturated carbocycles. The second-order valence-electron chi connectivity index (χ2n) is 8.08. The van der Waals surface area contributed by atoms with Gasteiger partial charge in [0.05, 0.1) is 17.0 Å². The third-order valence-electron chi connectivity index (χ3n) is 5.54.